The van der Waals surface area contributed by atoms with Crippen molar-refractivity contribution in [3.8, 4) is 0 Å². The van der Waals surface area contributed by atoms with Crippen LogP contribution in [-0.4, -0.2) is 58.7 Å². The summed E-state index contributed by atoms with van der Waals surface area (Å²) in [6.45, 7) is 12.1. The maximum absolute atomic E-state index is 12.2. The van der Waals surface area contributed by atoms with Crippen LogP contribution in [0.5, 0.6) is 0 Å². The molecule has 23 heavy (non-hydrogen) atoms. The second-order valence-electron chi connectivity index (χ2n) is 7.86. The van der Waals surface area contributed by atoms with Gasteiger partial charge in [0, 0.05) is 29.9 Å². The molecule has 1 amide bonds. The highest BCUT2D eigenvalue weighted by Gasteiger charge is 2.48. The van der Waals surface area contributed by atoms with Crippen molar-refractivity contribution >= 4 is 17.5 Å². The number of nitrogens with zero attached hydrogens (tertiary/aromatic N) is 1. The number of rotatable bonds is 3. The molecule has 2 atom stereocenters. The lowest BCUT2D eigenvalue weighted by Crippen LogP contribution is -2.54. The van der Waals surface area contributed by atoms with Gasteiger partial charge < -0.3 is 18.9 Å². The maximum atomic E-state index is 12.2. The molecule has 0 saturated carbocycles. The zero-order chi connectivity index (χ0) is 17.3. The number of carbonyl (C=O) groups excluding carboxylic acids is 1. The van der Waals surface area contributed by atoms with E-state index in [4.69, 9.17) is 9.47 Å². The van der Waals surface area contributed by atoms with Gasteiger partial charge in [0.05, 0.1) is 19.3 Å². The molecule has 0 aromatic carbocycles. The molecule has 2 saturated heterocycles. The van der Waals surface area contributed by atoms with Gasteiger partial charge in [0.1, 0.15) is 10.9 Å². The Morgan fingerprint density at radius 2 is 2.00 bits per heavy atom. The number of amides is 1. The summed E-state index contributed by atoms with van der Waals surface area (Å²) < 4.78 is 26.5. The van der Waals surface area contributed by atoms with Crippen molar-refractivity contribution in [3.63, 3.8) is 0 Å². The second-order valence-corrected chi connectivity index (χ2v) is 9.63. The fourth-order valence-electron chi connectivity index (χ4n) is 3.05. The first-order chi connectivity index (χ1) is 10.6. The van der Waals surface area contributed by atoms with Crippen molar-refractivity contribution in [3.05, 3.63) is 0 Å². The smallest absolute Gasteiger partial charge is 0.410 e. The van der Waals surface area contributed by atoms with Crippen molar-refractivity contribution in [1.82, 2.24) is 9.62 Å². The Labute approximate surface area is 142 Å². The van der Waals surface area contributed by atoms with Crippen LogP contribution >= 0.6 is 0 Å². The Hall–Kier alpha value is -0.500. The molecule has 1 unspecified atom stereocenters. The normalized spacial score (nSPS) is 25.9. The Kier molecular flexibility index (Phi) is 5.87. The number of piperidine rings is 1. The van der Waals surface area contributed by atoms with E-state index in [1.54, 1.807) is 4.90 Å². The first-order valence-corrected chi connectivity index (χ1v) is 9.57. The predicted octanol–water partition coefficient (Wildman–Crippen LogP) is 2.06. The number of hydrogen-bond donors (Lipinski definition) is 1. The van der Waals surface area contributed by atoms with Gasteiger partial charge in [0.15, 0.2) is 0 Å². The fraction of sp³-hybridized carbons (Fsp3) is 0.938. The molecule has 1 spiro atoms. The summed E-state index contributed by atoms with van der Waals surface area (Å²) >= 11 is -1.06. The van der Waals surface area contributed by atoms with E-state index in [1.807, 2.05) is 34.6 Å². The van der Waals surface area contributed by atoms with Gasteiger partial charge in [-0.3, -0.25) is 0 Å². The van der Waals surface area contributed by atoms with Crippen LogP contribution in [0.3, 0.4) is 0 Å². The Balaban J connectivity index is 1.92. The zero-order valence-electron chi connectivity index (χ0n) is 14.9. The van der Waals surface area contributed by atoms with Gasteiger partial charge >= 0.3 is 6.09 Å². The van der Waals surface area contributed by atoms with E-state index in [0.29, 0.717) is 26.3 Å². The Bertz CT molecular complexity index is 417. The molecule has 134 valence electrons. The number of hydrogen-bond acceptors (Lipinski definition) is 5. The molecule has 0 radical (unpaired) electrons. The van der Waals surface area contributed by atoms with Crippen LogP contribution in [0.4, 0.5) is 4.79 Å². The van der Waals surface area contributed by atoms with E-state index in [9.17, 15) is 9.35 Å². The summed E-state index contributed by atoms with van der Waals surface area (Å²) in [7, 11) is 0. The summed E-state index contributed by atoms with van der Waals surface area (Å²) in [4.78, 5) is 13.9. The molecule has 0 aromatic heterocycles. The average molecular weight is 346 g/mol. The highest BCUT2D eigenvalue weighted by molar-refractivity contribution is 7.90. The van der Waals surface area contributed by atoms with Crippen LogP contribution in [-0.2, 0) is 20.8 Å². The van der Waals surface area contributed by atoms with E-state index < -0.39 is 17.0 Å². The van der Waals surface area contributed by atoms with Crippen molar-refractivity contribution < 1.29 is 18.8 Å². The van der Waals surface area contributed by atoms with Crippen molar-refractivity contribution in [2.75, 3.05) is 26.3 Å². The minimum atomic E-state index is -1.06. The first kappa shape index (κ1) is 18.8. The highest BCUT2D eigenvalue weighted by Crippen LogP contribution is 2.40. The van der Waals surface area contributed by atoms with Crippen molar-refractivity contribution in [1.29, 1.82) is 0 Å². The summed E-state index contributed by atoms with van der Waals surface area (Å²) in [6, 6.07) is 0.0894. The van der Waals surface area contributed by atoms with E-state index in [0.717, 1.165) is 12.8 Å². The number of nitrogens with one attached hydrogen (secondary N) is 1. The summed E-state index contributed by atoms with van der Waals surface area (Å²) in [5, 5.41) is 0.0782. The summed E-state index contributed by atoms with van der Waals surface area (Å²) in [6.07, 6.45) is 1.44. The summed E-state index contributed by atoms with van der Waals surface area (Å²) in [5.41, 5.74) is -0.496. The lowest BCUT2D eigenvalue weighted by Gasteiger charge is -2.41. The van der Waals surface area contributed by atoms with E-state index in [1.165, 1.54) is 0 Å². The van der Waals surface area contributed by atoms with Crippen molar-refractivity contribution in [2.24, 2.45) is 5.41 Å². The van der Waals surface area contributed by atoms with E-state index >= 15 is 0 Å². The number of likely N-dealkylation sites (tertiary alicyclic amines) is 1. The third-order valence-corrected chi connectivity index (χ3v) is 5.88. The lowest BCUT2D eigenvalue weighted by molar-refractivity contribution is 0.00663. The van der Waals surface area contributed by atoms with Gasteiger partial charge in [-0.2, -0.15) is 0 Å². The molecule has 0 aromatic rings. The van der Waals surface area contributed by atoms with Crippen LogP contribution in [0.25, 0.3) is 0 Å². The molecule has 0 bridgehead atoms. The van der Waals surface area contributed by atoms with Gasteiger partial charge in [-0.15, -0.1) is 4.72 Å². The van der Waals surface area contributed by atoms with Crippen LogP contribution in [0.1, 0.15) is 47.5 Å². The third kappa shape index (κ3) is 4.75. The molecular formula is C16H30N2O4S. The standard InChI is InChI=1S/C16H30N2O4S/c1-12(2)23(20)17-13-10-21-11-16(13)6-8-18(9-7-16)14(19)22-15(3,4)5/h12-13,17H,6-11H2,1-5H3/t13-,23?/m1/s1. The predicted molar refractivity (Wildman–Crippen MR) is 90.5 cm³/mol. The minimum absolute atomic E-state index is 0.0247. The molecule has 2 heterocycles. The lowest BCUT2D eigenvalue weighted by atomic mass is 9.75. The molecule has 2 aliphatic heterocycles. The Morgan fingerprint density at radius 3 is 2.52 bits per heavy atom. The molecule has 2 rings (SSSR count). The van der Waals surface area contributed by atoms with Crippen LogP contribution < -0.4 is 4.72 Å². The monoisotopic (exact) mass is 346 g/mol. The average Bonchev–Trinajstić information content (AvgIpc) is 2.80. The molecule has 1 N–H and O–H groups in total. The number of carbonyl (C=O) groups is 1. The van der Waals surface area contributed by atoms with Crippen LogP contribution in [0.15, 0.2) is 0 Å². The molecule has 7 heteroatoms. The molecule has 0 aliphatic carbocycles. The third-order valence-electron chi connectivity index (χ3n) is 4.51. The molecular weight excluding hydrogens is 316 g/mol. The summed E-state index contributed by atoms with van der Waals surface area (Å²) in [5.74, 6) is 0. The van der Waals surface area contributed by atoms with E-state index in [-0.39, 0.29) is 22.8 Å². The van der Waals surface area contributed by atoms with Gasteiger partial charge in [-0.05, 0) is 47.5 Å². The topological polar surface area (TPSA) is 73.9 Å². The molecule has 2 aliphatic rings. The van der Waals surface area contributed by atoms with Gasteiger partial charge in [0.2, 0.25) is 0 Å². The largest absolute Gasteiger partial charge is 0.598 e. The SMILES string of the molecule is CC(C)[S+]([O-])N[C@@H]1COCC12CCN(C(=O)OC(C)(C)C)CC2. The number of ether oxygens (including phenoxy) is 2. The maximum Gasteiger partial charge on any atom is 0.410 e. The van der Waals surface area contributed by atoms with Gasteiger partial charge in [-0.25, -0.2) is 4.79 Å². The van der Waals surface area contributed by atoms with Crippen LogP contribution in [0, 0.1) is 5.41 Å². The fourth-order valence-corrected chi connectivity index (χ4v) is 3.92. The van der Waals surface area contributed by atoms with Gasteiger partial charge in [0.25, 0.3) is 0 Å². The highest BCUT2D eigenvalue weighted by atomic mass is 32.2. The van der Waals surface area contributed by atoms with Crippen molar-refractivity contribution in [2.45, 2.75) is 64.4 Å². The molecule has 6 nitrogen and oxygen atoms in total. The first-order valence-electron chi connectivity index (χ1n) is 8.35. The minimum Gasteiger partial charge on any atom is -0.598 e. The van der Waals surface area contributed by atoms with Crippen LogP contribution in [0.2, 0.25) is 0 Å². The quantitative estimate of drug-likeness (QED) is 0.792. The van der Waals surface area contributed by atoms with Gasteiger partial charge in [-0.1, -0.05) is 0 Å². The van der Waals surface area contributed by atoms with E-state index in [2.05, 4.69) is 4.72 Å². The zero-order valence-corrected chi connectivity index (χ0v) is 15.7. The molecule has 2 fully saturated rings. The second kappa shape index (κ2) is 7.17. The Morgan fingerprint density at radius 1 is 1.39 bits per heavy atom.